The van der Waals surface area contributed by atoms with Crippen molar-refractivity contribution in [3.8, 4) is 0 Å². The topological polar surface area (TPSA) is 168 Å². The van der Waals surface area contributed by atoms with Gasteiger partial charge in [-0.2, -0.15) is 0 Å². The minimum Gasteiger partial charge on any atom is -0.481 e. The van der Waals surface area contributed by atoms with Crippen LogP contribution in [0.1, 0.15) is 88.5 Å². The van der Waals surface area contributed by atoms with Crippen LogP contribution in [0.2, 0.25) is 0 Å². The second-order valence-electron chi connectivity index (χ2n) is 15.6. The van der Waals surface area contributed by atoms with Crippen molar-refractivity contribution in [2.45, 2.75) is 91.1 Å². The number of aliphatic carboxylic acids is 2. The fraction of sp³-hybridized carbons (Fsp3) is 0.375. The minimum absolute atomic E-state index is 0.0553. The highest BCUT2D eigenvalue weighted by Crippen LogP contribution is 2.29. The first kappa shape index (κ1) is 51.8. The number of benzene rings is 4. The van der Waals surface area contributed by atoms with Crippen LogP contribution in [-0.2, 0) is 41.5 Å². The average Bonchev–Trinajstić information content (AvgIpc) is 3.84. The molecule has 2 aliphatic rings. The molecular formula is C48H54F4N2O10. The predicted octanol–water partition coefficient (Wildman–Crippen LogP) is 9.55. The minimum atomic E-state index is -0.906. The Morgan fingerprint density at radius 2 is 0.906 bits per heavy atom. The summed E-state index contributed by atoms with van der Waals surface area (Å²) >= 11 is 0. The molecule has 344 valence electrons. The fourth-order valence-corrected chi connectivity index (χ4v) is 6.70. The maximum atomic E-state index is 13.0. The normalized spacial score (nSPS) is 16.2. The summed E-state index contributed by atoms with van der Waals surface area (Å²) in [6.45, 7) is 11.9. The predicted molar refractivity (Wildman–Crippen MR) is 228 cm³/mol. The lowest BCUT2D eigenvalue weighted by atomic mass is 9.93. The summed E-state index contributed by atoms with van der Waals surface area (Å²) in [5.41, 5.74) is 2.65. The second-order valence-corrected chi connectivity index (χ2v) is 15.6. The molecule has 6 rings (SSSR count). The summed E-state index contributed by atoms with van der Waals surface area (Å²) in [6, 6.07) is 22.1. The van der Waals surface area contributed by atoms with Gasteiger partial charge in [-0.15, -0.1) is 0 Å². The number of imide groups is 2. The van der Waals surface area contributed by atoms with Crippen LogP contribution >= 0.6 is 0 Å². The van der Waals surface area contributed by atoms with Crippen LogP contribution in [0.5, 0.6) is 0 Å². The van der Waals surface area contributed by atoms with Crippen molar-refractivity contribution in [1.82, 2.24) is 9.80 Å². The Morgan fingerprint density at radius 3 is 1.27 bits per heavy atom. The number of amides is 4. The molecule has 2 heterocycles. The van der Waals surface area contributed by atoms with Crippen LogP contribution in [-0.4, -0.2) is 81.2 Å². The highest BCUT2D eigenvalue weighted by molar-refractivity contribution is 5.97. The first-order valence-corrected chi connectivity index (χ1v) is 20.7. The van der Waals surface area contributed by atoms with E-state index in [0.717, 1.165) is 0 Å². The second kappa shape index (κ2) is 24.9. The molecule has 0 aliphatic carbocycles. The molecule has 12 nitrogen and oxygen atoms in total. The van der Waals surface area contributed by atoms with Gasteiger partial charge in [0.1, 0.15) is 36.5 Å². The Balaban J connectivity index is 0.000000234. The third-order valence-corrected chi connectivity index (χ3v) is 10.4. The number of carbonyl (C=O) groups is 6. The maximum Gasteiger partial charge on any atom is 0.417 e. The van der Waals surface area contributed by atoms with Gasteiger partial charge >= 0.3 is 24.1 Å². The lowest BCUT2D eigenvalue weighted by Crippen LogP contribution is -2.44. The van der Waals surface area contributed by atoms with Gasteiger partial charge in [0.25, 0.3) is 0 Å². The lowest BCUT2D eigenvalue weighted by Gasteiger charge is -2.26. The fourth-order valence-electron chi connectivity index (χ4n) is 6.70. The van der Waals surface area contributed by atoms with E-state index in [-0.39, 0.29) is 85.1 Å². The largest absolute Gasteiger partial charge is 0.481 e. The number of ether oxygens (including phenoxy) is 2. The van der Waals surface area contributed by atoms with Crippen molar-refractivity contribution in [3.63, 3.8) is 0 Å². The zero-order chi connectivity index (χ0) is 47.7. The molecule has 0 spiro atoms. The Hall–Kier alpha value is -6.58. The van der Waals surface area contributed by atoms with Crippen LogP contribution in [0.3, 0.4) is 0 Å². The van der Waals surface area contributed by atoms with E-state index in [9.17, 15) is 46.3 Å². The molecule has 0 bridgehead atoms. The SMILES string of the molecule is CC(C)[C@H]1COC(=O)N1C(=O)Cc1ccc(F)cc1.CC[C@H](C(=O)N1C(=O)OC[C@@H]1C(C)C)c1ccc(F)cc1.CC[C@H](C(=O)O)c1ccc(F)cc1.O=C(O)Cc1ccc(F)cc1. The number of hydrogen-bond acceptors (Lipinski definition) is 8. The van der Waals surface area contributed by atoms with E-state index >= 15 is 0 Å². The molecule has 0 aromatic heterocycles. The molecule has 0 unspecified atom stereocenters. The summed E-state index contributed by atoms with van der Waals surface area (Å²) in [7, 11) is 0. The monoisotopic (exact) mass is 894 g/mol. The van der Waals surface area contributed by atoms with E-state index in [1.165, 1.54) is 82.6 Å². The summed E-state index contributed by atoms with van der Waals surface area (Å²) in [5, 5.41) is 17.1. The first-order chi connectivity index (χ1) is 30.3. The molecule has 4 amide bonds. The third kappa shape index (κ3) is 15.3. The molecule has 64 heavy (non-hydrogen) atoms. The Morgan fingerprint density at radius 1 is 0.562 bits per heavy atom. The molecule has 4 aromatic carbocycles. The molecule has 16 heteroatoms. The number of hydrogen-bond donors (Lipinski definition) is 2. The van der Waals surface area contributed by atoms with Crippen molar-refractivity contribution >= 4 is 35.9 Å². The smallest absolute Gasteiger partial charge is 0.417 e. The zero-order valence-corrected chi connectivity index (χ0v) is 36.5. The van der Waals surface area contributed by atoms with Crippen LogP contribution in [0.15, 0.2) is 97.1 Å². The molecule has 2 fully saturated rings. The van der Waals surface area contributed by atoms with Crippen molar-refractivity contribution in [2.75, 3.05) is 13.2 Å². The van der Waals surface area contributed by atoms with Gasteiger partial charge in [-0.1, -0.05) is 90.1 Å². The van der Waals surface area contributed by atoms with Crippen molar-refractivity contribution in [3.05, 3.63) is 143 Å². The molecule has 0 radical (unpaired) electrons. The molecule has 2 N–H and O–H groups in total. The zero-order valence-electron chi connectivity index (χ0n) is 36.5. The van der Waals surface area contributed by atoms with Crippen LogP contribution in [0.25, 0.3) is 0 Å². The Kier molecular flexibility index (Phi) is 20.1. The number of halogens is 4. The summed E-state index contributed by atoms with van der Waals surface area (Å²) in [4.78, 5) is 71.6. The van der Waals surface area contributed by atoms with Gasteiger partial charge < -0.3 is 19.7 Å². The van der Waals surface area contributed by atoms with E-state index in [4.69, 9.17) is 19.7 Å². The number of nitrogens with zero attached hydrogens (tertiary/aromatic N) is 2. The summed E-state index contributed by atoms with van der Waals surface area (Å²) in [6.07, 6.45) is -0.107. The van der Waals surface area contributed by atoms with Crippen molar-refractivity contribution < 1.29 is 66.0 Å². The Bertz CT molecular complexity index is 2170. The molecule has 0 saturated carbocycles. The van der Waals surface area contributed by atoms with Gasteiger partial charge in [0.2, 0.25) is 11.8 Å². The van der Waals surface area contributed by atoms with Gasteiger partial charge in [0.15, 0.2) is 0 Å². The van der Waals surface area contributed by atoms with Crippen LogP contribution < -0.4 is 0 Å². The van der Waals surface area contributed by atoms with E-state index in [1.54, 1.807) is 31.2 Å². The lowest BCUT2D eigenvalue weighted by molar-refractivity contribution is -0.139. The number of carboxylic acid groups (broad SMARTS) is 2. The number of cyclic esters (lactones) is 2. The molecule has 2 saturated heterocycles. The van der Waals surface area contributed by atoms with E-state index in [2.05, 4.69) is 0 Å². The van der Waals surface area contributed by atoms with Crippen molar-refractivity contribution in [2.24, 2.45) is 11.8 Å². The molecule has 4 atom stereocenters. The number of carboxylic acids is 2. The Labute approximate surface area is 369 Å². The quantitative estimate of drug-likeness (QED) is 0.131. The van der Waals surface area contributed by atoms with E-state index in [0.29, 0.717) is 35.1 Å². The molecule has 2 aliphatic heterocycles. The van der Waals surface area contributed by atoms with Gasteiger partial charge in [0.05, 0.1) is 36.8 Å². The summed E-state index contributed by atoms with van der Waals surface area (Å²) in [5.74, 6) is -4.46. The van der Waals surface area contributed by atoms with Gasteiger partial charge in [-0.05, 0) is 95.5 Å². The van der Waals surface area contributed by atoms with E-state index in [1.807, 2.05) is 34.6 Å². The molecular weight excluding hydrogens is 841 g/mol. The van der Waals surface area contributed by atoms with Gasteiger partial charge in [-0.3, -0.25) is 19.2 Å². The summed E-state index contributed by atoms with van der Waals surface area (Å²) < 4.78 is 60.5. The standard InChI is InChI=1S/C16H20FNO3.C14H16FNO3.C10H11FO2.C8H7FO2/c1-4-13(11-5-7-12(17)8-6-11)15(19)18-14(10(2)3)9-21-16(18)20;1-9(2)12-8-19-14(18)16(12)13(17)7-10-3-5-11(15)6-4-10;1-2-9(10(12)13)7-3-5-8(11)6-4-7;9-7-3-1-6(2-4-7)5-8(10)11/h5-8,10,13-14H,4,9H2,1-3H3;3-6,9,12H,7-8H2,1-2H3;3-6,9H,2H2,1H3,(H,12,13);1-4H,5H2,(H,10,11)/t13-,14+;12-;9-;/m010./s1. The molecule has 4 aromatic rings. The van der Waals surface area contributed by atoms with Gasteiger partial charge in [0, 0.05) is 0 Å². The first-order valence-electron chi connectivity index (χ1n) is 20.7. The maximum absolute atomic E-state index is 13.0. The number of rotatable bonds is 12. The number of carbonyl (C=O) groups excluding carboxylic acids is 4. The third-order valence-electron chi connectivity index (χ3n) is 10.4. The van der Waals surface area contributed by atoms with Crippen LogP contribution in [0.4, 0.5) is 27.2 Å². The van der Waals surface area contributed by atoms with E-state index < -0.39 is 36.0 Å². The highest BCUT2D eigenvalue weighted by atomic mass is 19.1. The highest BCUT2D eigenvalue weighted by Gasteiger charge is 2.42. The van der Waals surface area contributed by atoms with Crippen LogP contribution in [0, 0.1) is 35.1 Å². The average molecular weight is 895 g/mol. The van der Waals surface area contributed by atoms with Gasteiger partial charge in [-0.25, -0.2) is 37.0 Å². The van der Waals surface area contributed by atoms with Crippen molar-refractivity contribution in [1.29, 1.82) is 0 Å².